The second-order valence-electron chi connectivity index (χ2n) is 5.18. The molecule has 2 N–H and O–H groups in total. The SMILES string of the molecule is Cc1c(C(C)NC(=O)C(C)n2nccc2C(=O)O)cnn1C. The Morgan fingerprint density at radius 2 is 2.00 bits per heavy atom. The van der Waals surface area contributed by atoms with E-state index in [1.165, 1.54) is 16.9 Å². The number of aromatic nitrogens is 4. The summed E-state index contributed by atoms with van der Waals surface area (Å²) in [6.07, 6.45) is 3.07. The van der Waals surface area contributed by atoms with Crippen molar-refractivity contribution in [3.63, 3.8) is 0 Å². The van der Waals surface area contributed by atoms with Crippen LogP contribution in [0.5, 0.6) is 0 Å². The van der Waals surface area contributed by atoms with Gasteiger partial charge >= 0.3 is 5.97 Å². The Balaban J connectivity index is 2.13. The fourth-order valence-electron chi connectivity index (χ4n) is 2.26. The molecule has 0 radical (unpaired) electrons. The van der Waals surface area contributed by atoms with Crippen molar-refractivity contribution < 1.29 is 14.7 Å². The van der Waals surface area contributed by atoms with Crippen LogP contribution >= 0.6 is 0 Å². The number of nitrogens with one attached hydrogen (secondary N) is 1. The molecule has 8 nitrogen and oxygen atoms in total. The standard InChI is InChI=1S/C14H19N5O3/c1-8(11-7-16-18(4)9(11)2)17-13(20)10(3)19-12(14(21)22)5-6-15-19/h5-8,10H,1-4H3,(H,17,20)(H,21,22). The van der Waals surface area contributed by atoms with Gasteiger partial charge in [-0.15, -0.1) is 0 Å². The molecule has 0 aliphatic heterocycles. The lowest BCUT2D eigenvalue weighted by Gasteiger charge is -2.18. The van der Waals surface area contributed by atoms with Gasteiger partial charge in [0.25, 0.3) is 0 Å². The summed E-state index contributed by atoms with van der Waals surface area (Å²) in [5, 5.41) is 20.0. The quantitative estimate of drug-likeness (QED) is 0.860. The highest BCUT2D eigenvalue weighted by Crippen LogP contribution is 2.17. The summed E-state index contributed by atoms with van der Waals surface area (Å²) < 4.78 is 2.93. The topological polar surface area (TPSA) is 102 Å². The molecular weight excluding hydrogens is 286 g/mol. The Morgan fingerprint density at radius 3 is 2.55 bits per heavy atom. The summed E-state index contributed by atoms with van der Waals surface area (Å²) in [5.74, 6) is -1.42. The maximum atomic E-state index is 12.3. The Hall–Kier alpha value is -2.64. The average Bonchev–Trinajstić information content (AvgIpc) is 3.06. The van der Waals surface area contributed by atoms with Crippen molar-refractivity contribution in [1.82, 2.24) is 24.9 Å². The molecule has 2 atom stereocenters. The molecule has 0 fully saturated rings. The molecule has 0 spiro atoms. The van der Waals surface area contributed by atoms with Crippen molar-refractivity contribution in [3.8, 4) is 0 Å². The summed E-state index contributed by atoms with van der Waals surface area (Å²) in [5.41, 5.74) is 1.86. The average molecular weight is 305 g/mol. The maximum absolute atomic E-state index is 12.3. The molecule has 2 heterocycles. The van der Waals surface area contributed by atoms with Crippen LogP contribution in [0.25, 0.3) is 0 Å². The fraction of sp³-hybridized carbons (Fsp3) is 0.429. The first-order valence-electron chi connectivity index (χ1n) is 6.88. The van der Waals surface area contributed by atoms with Crippen LogP contribution in [-0.2, 0) is 11.8 Å². The largest absolute Gasteiger partial charge is 0.477 e. The molecule has 0 bridgehead atoms. The molecule has 2 aromatic heterocycles. The lowest BCUT2D eigenvalue weighted by molar-refractivity contribution is -0.124. The van der Waals surface area contributed by atoms with Crippen LogP contribution in [0.4, 0.5) is 0 Å². The highest BCUT2D eigenvalue weighted by atomic mass is 16.4. The normalized spacial score (nSPS) is 13.6. The number of aryl methyl sites for hydroxylation is 1. The summed E-state index contributed by atoms with van der Waals surface area (Å²) in [6.45, 7) is 5.39. The number of amides is 1. The minimum Gasteiger partial charge on any atom is -0.477 e. The zero-order chi connectivity index (χ0) is 16.4. The third-order valence-corrected chi connectivity index (χ3v) is 3.73. The van der Waals surface area contributed by atoms with Crippen molar-refractivity contribution in [1.29, 1.82) is 0 Å². The molecular formula is C14H19N5O3. The predicted molar refractivity (Wildman–Crippen MR) is 78.4 cm³/mol. The van der Waals surface area contributed by atoms with Gasteiger partial charge in [-0.25, -0.2) is 9.48 Å². The smallest absolute Gasteiger partial charge is 0.354 e. The summed E-state index contributed by atoms with van der Waals surface area (Å²) in [6, 6.07) is 0.411. The van der Waals surface area contributed by atoms with Gasteiger partial charge in [0.15, 0.2) is 0 Å². The summed E-state index contributed by atoms with van der Waals surface area (Å²) in [4.78, 5) is 23.4. The van der Waals surface area contributed by atoms with Crippen molar-refractivity contribution in [2.45, 2.75) is 32.9 Å². The van der Waals surface area contributed by atoms with E-state index >= 15 is 0 Å². The van der Waals surface area contributed by atoms with Crippen molar-refractivity contribution in [2.75, 3.05) is 0 Å². The first-order valence-corrected chi connectivity index (χ1v) is 6.88. The number of rotatable bonds is 5. The zero-order valence-corrected chi connectivity index (χ0v) is 12.9. The Bertz CT molecular complexity index is 703. The van der Waals surface area contributed by atoms with Crippen molar-refractivity contribution >= 4 is 11.9 Å². The third-order valence-electron chi connectivity index (χ3n) is 3.73. The van der Waals surface area contributed by atoms with E-state index in [4.69, 9.17) is 5.11 Å². The van der Waals surface area contributed by atoms with Crippen LogP contribution in [-0.4, -0.2) is 36.5 Å². The van der Waals surface area contributed by atoms with Crippen LogP contribution < -0.4 is 5.32 Å². The Kier molecular flexibility index (Phi) is 4.30. The molecule has 0 aliphatic carbocycles. The van der Waals surface area contributed by atoms with Crippen LogP contribution in [0.1, 0.15) is 47.7 Å². The van der Waals surface area contributed by atoms with E-state index < -0.39 is 12.0 Å². The van der Waals surface area contributed by atoms with E-state index in [1.807, 2.05) is 20.9 Å². The predicted octanol–water partition coefficient (Wildman–Crippen LogP) is 1.06. The molecule has 118 valence electrons. The number of hydrogen-bond donors (Lipinski definition) is 2. The van der Waals surface area contributed by atoms with Crippen LogP contribution in [0, 0.1) is 6.92 Å². The van der Waals surface area contributed by atoms with Gasteiger partial charge in [0.2, 0.25) is 5.91 Å². The van der Waals surface area contributed by atoms with Crippen LogP contribution in [0.15, 0.2) is 18.5 Å². The van der Waals surface area contributed by atoms with E-state index in [2.05, 4.69) is 15.5 Å². The lowest BCUT2D eigenvalue weighted by atomic mass is 10.1. The lowest BCUT2D eigenvalue weighted by Crippen LogP contribution is -2.34. The van der Waals surface area contributed by atoms with Gasteiger partial charge < -0.3 is 10.4 Å². The fourth-order valence-corrected chi connectivity index (χ4v) is 2.26. The number of carbonyl (C=O) groups is 2. The van der Waals surface area contributed by atoms with E-state index in [0.717, 1.165) is 11.3 Å². The highest BCUT2D eigenvalue weighted by molar-refractivity contribution is 5.87. The summed E-state index contributed by atoms with van der Waals surface area (Å²) >= 11 is 0. The Morgan fingerprint density at radius 1 is 1.32 bits per heavy atom. The minimum atomic E-state index is -1.12. The van der Waals surface area contributed by atoms with Crippen LogP contribution in [0.2, 0.25) is 0 Å². The zero-order valence-electron chi connectivity index (χ0n) is 12.9. The summed E-state index contributed by atoms with van der Waals surface area (Å²) in [7, 11) is 1.83. The van der Waals surface area contributed by atoms with Gasteiger partial charge in [0, 0.05) is 24.5 Å². The number of nitrogens with zero attached hydrogens (tertiary/aromatic N) is 4. The molecule has 2 aromatic rings. The van der Waals surface area contributed by atoms with Crippen LogP contribution in [0.3, 0.4) is 0 Å². The van der Waals surface area contributed by atoms with Gasteiger partial charge in [-0.05, 0) is 26.8 Å². The van der Waals surface area contributed by atoms with Gasteiger partial charge in [0.1, 0.15) is 11.7 Å². The second-order valence-corrected chi connectivity index (χ2v) is 5.18. The monoisotopic (exact) mass is 305 g/mol. The minimum absolute atomic E-state index is 0.0205. The van der Waals surface area contributed by atoms with Gasteiger partial charge in [-0.2, -0.15) is 10.2 Å². The Labute approximate surface area is 127 Å². The second kappa shape index (κ2) is 6.00. The molecule has 0 saturated carbocycles. The molecule has 8 heteroatoms. The molecule has 0 saturated heterocycles. The molecule has 22 heavy (non-hydrogen) atoms. The highest BCUT2D eigenvalue weighted by Gasteiger charge is 2.23. The molecule has 0 aromatic carbocycles. The van der Waals surface area contributed by atoms with Gasteiger partial charge in [-0.1, -0.05) is 0 Å². The van der Waals surface area contributed by atoms with Gasteiger partial charge in [-0.3, -0.25) is 9.48 Å². The number of carboxylic acid groups (broad SMARTS) is 1. The number of aromatic carboxylic acids is 1. The van der Waals surface area contributed by atoms with E-state index in [0.29, 0.717) is 0 Å². The van der Waals surface area contributed by atoms with E-state index in [-0.39, 0.29) is 17.6 Å². The van der Waals surface area contributed by atoms with Crippen molar-refractivity contribution in [2.24, 2.45) is 7.05 Å². The first kappa shape index (κ1) is 15.7. The maximum Gasteiger partial charge on any atom is 0.354 e. The number of hydrogen-bond acceptors (Lipinski definition) is 4. The van der Waals surface area contributed by atoms with E-state index in [9.17, 15) is 9.59 Å². The molecule has 0 aliphatic rings. The first-order chi connectivity index (χ1) is 10.3. The van der Waals surface area contributed by atoms with E-state index in [1.54, 1.807) is 17.8 Å². The van der Waals surface area contributed by atoms with Crippen molar-refractivity contribution in [3.05, 3.63) is 35.4 Å². The number of carboxylic acids is 1. The number of carbonyl (C=O) groups excluding carboxylic acids is 1. The molecule has 2 rings (SSSR count). The molecule has 1 amide bonds. The third kappa shape index (κ3) is 2.85. The molecule has 2 unspecified atom stereocenters. The van der Waals surface area contributed by atoms with Gasteiger partial charge in [0.05, 0.1) is 12.2 Å².